The number of hydrogen-bond donors (Lipinski definition) is 2. The molecule has 1 aromatic rings. The van der Waals surface area contributed by atoms with E-state index in [1.807, 2.05) is 0 Å². The van der Waals surface area contributed by atoms with E-state index in [1.54, 1.807) is 31.5 Å². The highest BCUT2D eigenvalue weighted by Crippen LogP contribution is 2.27. The molecule has 1 unspecified atom stereocenters. The first kappa shape index (κ1) is 16.8. The van der Waals surface area contributed by atoms with Gasteiger partial charge in [-0.15, -0.1) is 5.10 Å². The summed E-state index contributed by atoms with van der Waals surface area (Å²) in [6.45, 7) is 0. The maximum Gasteiger partial charge on any atom is 0.305 e. The molecule has 0 aliphatic carbocycles. The Labute approximate surface area is 136 Å². The van der Waals surface area contributed by atoms with Gasteiger partial charge in [0.1, 0.15) is 5.25 Å². The standard InChI is InChI=1S/C14H15N3O5S/c1-21-9-4-3-8(5-10(9)22-2)7-15-14-17-16-13(20)11(23-14)6-12(18)19/h3-5,7,11H,6H2,1-2H3,(H,16,20)(H,18,19). The molecule has 1 amide bonds. The fraction of sp³-hybridized carbons (Fsp3) is 0.286. The number of ether oxygens (including phenoxy) is 2. The average molecular weight is 337 g/mol. The second-order valence-electron chi connectivity index (χ2n) is 4.45. The van der Waals surface area contributed by atoms with Gasteiger partial charge in [0.2, 0.25) is 5.17 Å². The van der Waals surface area contributed by atoms with E-state index in [1.165, 1.54) is 7.11 Å². The highest BCUT2D eigenvalue weighted by atomic mass is 32.2. The molecule has 2 N–H and O–H groups in total. The molecule has 23 heavy (non-hydrogen) atoms. The molecule has 0 saturated carbocycles. The lowest BCUT2D eigenvalue weighted by atomic mass is 10.2. The van der Waals surface area contributed by atoms with Crippen molar-refractivity contribution in [3.8, 4) is 11.5 Å². The van der Waals surface area contributed by atoms with Crippen molar-refractivity contribution in [2.45, 2.75) is 11.7 Å². The largest absolute Gasteiger partial charge is 0.493 e. The number of amidine groups is 1. The van der Waals surface area contributed by atoms with Gasteiger partial charge in [0.05, 0.1) is 20.6 Å². The fourth-order valence-corrected chi connectivity index (χ4v) is 2.65. The Morgan fingerprint density at radius 1 is 1.43 bits per heavy atom. The van der Waals surface area contributed by atoms with E-state index in [9.17, 15) is 9.59 Å². The van der Waals surface area contributed by atoms with Gasteiger partial charge in [0.15, 0.2) is 11.5 Å². The van der Waals surface area contributed by atoms with Crippen LogP contribution in [0, 0.1) is 0 Å². The lowest BCUT2D eigenvalue weighted by Gasteiger charge is -2.16. The van der Waals surface area contributed by atoms with Crippen molar-refractivity contribution >= 4 is 35.0 Å². The number of rotatable bonds is 5. The molecule has 0 bridgehead atoms. The van der Waals surface area contributed by atoms with Gasteiger partial charge in [-0.2, -0.15) is 0 Å². The number of aliphatic imine (C=N–C) groups is 1. The molecule has 9 heteroatoms. The van der Waals surface area contributed by atoms with Gasteiger partial charge in [-0.3, -0.25) is 9.59 Å². The minimum absolute atomic E-state index is 0.283. The van der Waals surface area contributed by atoms with E-state index < -0.39 is 17.1 Å². The van der Waals surface area contributed by atoms with E-state index in [-0.39, 0.29) is 11.6 Å². The number of thioether (sulfide) groups is 1. The van der Waals surface area contributed by atoms with Crippen LogP contribution in [0.3, 0.4) is 0 Å². The Kier molecular flexibility index (Phi) is 5.58. The number of aliphatic carboxylic acids is 1. The summed E-state index contributed by atoms with van der Waals surface area (Å²) in [7, 11) is 3.08. The third-order valence-electron chi connectivity index (χ3n) is 2.89. The van der Waals surface area contributed by atoms with E-state index >= 15 is 0 Å². The summed E-state index contributed by atoms with van der Waals surface area (Å²) in [5, 5.41) is 12.1. The first-order valence-electron chi connectivity index (χ1n) is 6.55. The number of hydrazone groups is 1. The molecule has 122 valence electrons. The third kappa shape index (κ3) is 4.46. The number of nitrogens with zero attached hydrogens (tertiary/aromatic N) is 2. The predicted octanol–water partition coefficient (Wildman–Crippen LogP) is 1.10. The molecule has 1 aliphatic rings. The molecule has 0 radical (unpaired) electrons. The highest BCUT2D eigenvalue weighted by Gasteiger charge is 2.27. The van der Waals surface area contributed by atoms with Gasteiger partial charge in [-0.1, -0.05) is 11.8 Å². The summed E-state index contributed by atoms with van der Waals surface area (Å²) < 4.78 is 10.3. The average Bonchev–Trinajstić information content (AvgIpc) is 2.54. The smallest absolute Gasteiger partial charge is 0.305 e. The van der Waals surface area contributed by atoms with Crippen molar-refractivity contribution in [2.75, 3.05) is 14.2 Å². The molecule has 8 nitrogen and oxygen atoms in total. The van der Waals surface area contributed by atoms with Crippen LogP contribution in [-0.4, -0.2) is 47.8 Å². The molecule has 1 heterocycles. The zero-order valence-corrected chi connectivity index (χ0v) is 13.3. The fourth-order valence-electron chi connectivity index (χ4n) is 1.80. The number of carbonyl (C=O) groups excluding carboxylic acids is 1. The predicted molar refractivity (Wildman–Crippen MR) is 86.3 cm³/mol. The number of methoxy groups -OCH3 is 2. The van der Waals surface area contributed by atoms with E-state index in [4.69, 9.17) is 14.6 Å². The maximum atomic E-state index is 11.5. The Hall–Kier alpha value is -2.55. The zero-order valence-electron chi connectivity index (χ0n) is 12.5. The second kappa shape index (κ2) is 7.63. The Balaban J connectivity index is 2.11. The van der Waals surface area contributed by atoms with Crippen LogP contribution >= 0.6 is 11.8 Å². The number of hydrogen-bond acceptors (Lipinski definition) is 7. The topological polar surface area (TPSA) is 110 Å². The first-order valence-corrected chi connectivity index (χ1v) is 7.43. The number of amides is 1. The van der Waals surface area contributed by atoms with Crippen LogP contribution in [0.4, 0.5) is 0 Å². The van der Waals surface area contributed by atoms with Gasteiger partial charge < -0.3 is 14.6 Å². The van der Waals surface area contributed by atoms with Crippen LogP contribution in [0.15, 0.2) is 28.3 Å². The summed E-state index contributed by atoms with van der Waals surface area (Å²) in [4.78, 5) is 26.4. The number of nitrogens with one attached hydrogen (secondary N) is 1. The van der Waals surface area contributed by atoms with Crippen LogP contribution in [0.25, 0.3) is 0 Å². The quantitative estimate of drug-likeness (QED) is 0.779. The van der Waals surface area contributed by atoms with Crippen molar-refractivity contribution in [3.05, 3.63) is 23.8 Å². The summed E-state index contributed by atoms with van der Waals surface area (Å²) in [6.07, 6.45) is 1.25. The van der Waals surface area contributed by atoms with Crippen molar-refractivity contribution in [1.29, 1.82) is 0 Å². The molecule has 1 aliphatic heterocycles. The Morgan fingerprint density at radius 2 is 2.17 bits per heavy atom. The summed E-state index contributed by atoms with van der Waals surface area (Å²) in [5.41, 5.74) is 3.02. The number of benzene rings is 1. The number of carbonyl (C=O) groups is 2. The molecule has 1 atom stereocenters. The van der Waals surface area contributed by atoms with Crippen LogP contribution in [0.5, 0.6) is 11.5 Å². The Bertz CT molecular complexity index is 674. The molecule has 2 rings (SSSR count). The van der Waals surface area contributed by atoms with Crippen molar-refractivity contribution in [1.82, 2.24) is 5.43 Å². The summed E-state index contributed by atoms with van der Waals surface area (Å²) >= 11 is 1.01. The highest BCUT2D eigenvalue weighted by molar-refractivity contribution is 8.15. The molecular weight excluding hydrogens is 322 g/mol. The second-order valence-corrected chi connectivity index (χ2v) is 5.62. The SMILES string of the molecule is COc1ccc(C=NC2=NNC(=O)C(CC(=O)O)S2)cc1OC. The Morgan fingerprint density at radius 3 is 2.83 bits per heavy atom. The van der Waals surface area contributed by atoms with Crippen LogP contribution < -0.4 is 14.9 Å². The molecule has 0 saturated heterocycles. The van der Waals surface area contributed by atoms with Gasteiger partial charge in [0.25, 0.3) is 5.91 Å². The number of carboxylic acids is 1. The molecular formula is C14H15N3O5S. The van der Waals surface area contributed by atoms with Crippen molar-refractivity contribution in [2.24, 2.45) is 10.1 Å². The van der Waals surface area contributed by atoms with Crippen molar-refractivity contribution < 1.29 is 24.2 Å². The van der Waals surface area contributed by atoms with Crippen LogP contribution in [0.1, 0.15) is 12.0 Å². The lowest BCUT2D eigenvalue weighted by molar-refractivity contribution is -0.138. The van der Waals surface area contributed by atoms with E-state index in [0.29, 0.717) is 11.5 Å². The zero-order chi connectivity index (χ0) is 16.8. The number of carboxylic acid groups (broad SMARTS) is 1. The maximum absolute atomic E-state index is 11.5. The summed E-state index contributed by atoms with van der Waals surface area (Å²) in [5.74, 6) is -0.334. The first-order chi connectivity index (χ1) is 11.0. The van der Waals surface area contributed by atoms with Crippen molar-refractivity contribution in [3.63, 3.8) is 0 Å². The van der Waals surface area contributed by atoms with Gasteiger partial charge in [-0.05, 0) is 23.8 Å². The van der Waals surface area contributed by atoms with Gasteiger partial charge >= 0.3 is 5.97 Å². The molecule has 1 aromatic carbocycles. The van der Waals surface area contributed by atoms with Gasteiger partial charge in [-0.25, -0.2) is 10.4 Å². The summed E-state index contributed by atoms with van der Waals surface area (Å²) in [6, 6.07) is 5.26. The monoisotopic (exact) mass is 337 g/mol. The molecule has 0 aromatic heterocycles. The van der Waals surface area contributed by atoms with Crippen LogP contribution in [-0.2, 0) is 9.59 Å². The van der Waals surface area contributed by atoms with Crippen LogP contribution in [0.2, 0.25) is 0 Å². The minimum atomic E-state index is -1.05. The third-order valence-corrected chi connectivity index (χ3v) is 3.97. The minimum Gasteiger partial charge on any atom is -0.493 e. The van der Waals surface area contributed by atoms with Gasteiger partial charge in [0, 0.05) is 6.21 Å². The van der Waals surface area contributed by atoms with E-state index in [0.717, 1.165) is 17.3 Å². The molecule has 0 spiro atoms. The van der Waals surface area contributed by atoms with E-state index in [2.05, 4.69) is 15.5 Å². The lowest BCUT2D eigenvalue weighted by Crippen LogP contribution is -2.35. The normalized spacial score (nSPS) is 17.6. The molecule has 0 fully saturated rings.